The molecule has 140 valence electrons. The van der Waals surface area contributed by atoms with Gasteiger partial charge >= 0.3 is 0 Å². The van der Waals surface area contributed by atoms with Gasteiger partial charge in [-0.2, -0.15) is 4.31 Å². The van der Waals surface area contributed by atoms with E-state index in [-0.39, 0.29) is 17.9 Å². The molecular weight excluding hydrogens is 362 g/mol. The Morgan fingerprint density at radius 2 is 1.74 bits per heavy atom. The minimum absolute atomic E-state index is 0.129. The highest BCUT2D eigenvalue weighted by Crippen LogP contribution is 2.46. The summed E-state index contributed by atoms with van der Waals surface area (Å²) in [5.41, 5.74) is 1.88. The van der Waals surface area contributed by atoms with E-state index in [4.69, 9.17) is 0 Å². The van der Waals surface area contributed by atoms with Gasteiger partial charge in [0.2, 0.25) is 16.0 Å². The van der Waals surface area contributed by atoms with E-state index < -0.39 is 10.0 Å². The van der Waals surface area contributed by atoms with E-state index in [1.165, 1.54) is 6.26 Å². The lowest BCUT2D eigenvalue weighted by Gasteiger charge is -2.28. The molecule has 0 N–H and O–H groups in total. The number of hydrogen-bond acceptors (Lipinski definition) is 5. The predicted octanol–water partition coefficient (Wildman–Crippen LogP) is 1.80. The van der Waals surface area contributed by atoms with Crippen molar-refractivity contribution < 1.29 is 8.42 Å². The molecule has 0 radical (unpaired) electrons. The van der Waals surface area contributed by atoms with Gasteiger partial charge in [-0.25, -0.2) is 8.42 Å². The van der Waals surface area contributed by atoms with E-state index in [2.05, 4.69) is 15.1 Å². The summed E-state index contributed by atoms with van der Waals surface area (Å²) in [7, 11) is -3.27. The zero-order valence-electron chi connectivity index (χ0n) is 15.0. The van der Waals surface area contributed by atoms with Gasteiger partial charge in [0.1, 0.15) is 0 Å². The van der Waals surface area contributed by atoms with Crippen LogP contribution in [0.1, 0.15) is 11.6 Å². The zero-order valence-corrected chi connectivity index (χ0v) is 15.8. The Morgan fingerprint density at radius 3 is 2.52 bits per heavy atom. The van der Waals surface area contributed by atoms with Crippen LogP contribution in [0.4, 0.5) is 5.95 Å². The van der Waals surface area contributed by atoms with E-state index in [9.17, 15) is 8.42 Å². The van der Waals surface area contributed by atoms with Crippen LogP contribution in [0.5, 0.6) is 0 Å². The van der Waals surface area contributed by atoms with Crippen molar-refractivity contribution in [2.45, 2.75) is 6.04 Å². The van der Waals surface area contributed by atoms with Gasteiger partial charge in [0, 0.05) is 31.7 Å². The van der Waals surface area contributed by atoms with Gasteiger partial charge in [0.15, 0.2) is 5.65 Å². The molecule has 8 heteroatoms. The third-order valence-corrected chi connectivity index (χ3v) is 7.00. The van der Waals surface area contributed by atoms with Crippen LogP contribution in [0.25, 0.3) is 5.65 Å². The lowest BCUT2D eigenvalue weighted by Crippen LogP contribution is -2.35. The maximum Gasteiger partial charge on any atom is 0.231 e. The highest BCUT2D eigenvalue weighted by Gasteiger charge is 2.51. The number of hydrogen-bond donors (Lipinski definition) is 0. The summed E-state index contributed by atoms with van der Waals surface area (Å²) in [4.78, 5) is 2.24. The Labute approximate surface area is 158 Å². The first-order valence-corrected chi connectivity index (χ1v) is 10.9. The highest BCUT2D eigenvalue weighted by atomic mass is 32.2. The van der Waals surface area contributed by atoms with Crippen LogP contribution >= 0.6 is 0 Å². The molecule has 1 aromatic carbocycles. The van der Waals surface area contributed by atoms with E-state index in [0.717, 1.165) is 30.2 Å². The van der Waals surface area contributed by atoms with E-state index in [1.54, 1.807) is 4.31 Å². The molecule has 0 spiro atoms. The number of sulfonamides is 1. The minimum atomic E-state index is -3.27. The molecule has 0 aliphatic carbocycles. The second kappa shape index (κ2) is 6.03. The third kappa shape index (κ3) is 2.71. The van der Waals surface area contributed by atoms with Gasteiger partial charge < -0.3 is 4.90 Å². The summed E-state index contributed by atoms with van der Waals surface area (Å²) in [6.07, 6.45) is 3.28. The van der Waals surface area contributed by atoms with Gasteiger partial charge in [-0.05, 0) is 23.6 Å². The molecule has 0 saturated carbocycles. The average molecular weight is 383 g/mol. The fraction of sp³-hybridized carbons (Fsp3) is 0.368. The van der Waals surface area contributed by atoms with Gasteiger partial charge in [-0.15, -0.1) is 10.2 Å². The lowest BCUT2D eigenvalue weighted by atomic mass is 9.90. The van der Waals surface area contributed by atoms with Crippen LogP contribution in [0.2, 0.25) is 0 Å². The van der Waals surface area contributed by atoms with Crippen molar-refractivity contribution in [2.24, 2.45) is 11.8 Å². The minimum Gasteiger partial charge on any atom is -0.340 e. The molecule has 4 heterocycles. The number of fused-ring (bicyclic) bond motifs is 2. The molecule has 2 aromatic heterocycles. The number of rotatable bonds is 3. The smallest absolute Gasteiger partial charge is 0.231 e. The summed E-state index contributed by atoms with van der Waals surface area (Å²) in [6, 6.07) is 15.7. The quantitative estimate of drug-likeness (QED) is 0.690. The van der Waals surface area contributed by atoms with Crippen molar-refractivity contribution in [3.8, 4) is 0 Å². The van der Waals surface area contributed by atoms with E-state index in [1.807, 2.05) is 59.1 Å². The summed E-state index contributed by atoms with van der Waals surface area (Å²) in [5, 5.41) is 8.63. The second-order valence-electron chi connectivity index (χ2n) is 7.45. The van der Waals surface area contributed by atoms with Crippen LogP contribution in [0.3, 0.4) is 0 Å². The summed E-state index contributed by atoms with van der Waals surface area (Å²) in [5.74, 6) is 1.34. The first-order chi connectivity index (χ1) is 13.0. The molecular formula is C19H21N5O2S. The Balaban J connectivity index is 1.50. The van der Waals surface area contributed by atoms with Crippen molar-refractivity contribution in [3.63, 3.8) is 0 Å². The number of benzene rings is 1. The second-order valence-corrected chi connectivity index (χ2v) is 9.38. The fourth-order valence-electron chi connectivity index (χ4n) is 4.62. The Kier molecular flexibility index (Phi) is 3.73. The van der Waals surface area contributed by atoms with Crippen molar-refractivity contribution >= 4 is 21.6 Å². The third-order valence-electron chi connectivity index (χ3n) is 5.77. The lowest BCUT2D eigenvalue weighted by molar-refractivity contribution is 0.351. The largest absolute Gasteiger partial charge is 0.340 e. The van der Waals surface area contributed by atoms with Crippen LogP contribution < -0.4 is 4.90 Å². The fourth-order valence-corrected chi connectivity index (χ4v) is 5.77. The van der Waals surface area contributed by atoms with Crippen molar-refractivity contribution in [3.05, 3.63) is 60.3 Å². The van der Waals surface area contributed by atoms with Crippen molar-refractivity contribution in [2.75, 3.05) is 30.8 Å². The standard InChI is InChI=1S/C19H21N5O2S/c1-27(25,26)24-12-15-11-22(19-21-20-17-9-5-6-10-23(17)19)13-16(15)18(24)14-7-3-2-4-8-14/h2-10,15-16,18H,11-13H2,1H3/t15-,16-,18+/m1/s1. The van der Waals surface area contributed by atoms with E-state index >= 15 is 0 Å². The molecule has 2 fully saturated rings. The molecule has 2 aliphatic rings. The van der Waals surface area contributed by atoms with Gasteiger partial charge in [-0.3, -0.25) is 4.40 Å². The number of aromatic nitrogens is 3. The van der Waals surface area contributed by atoms with Gasteiger partial charge in [-0.1, -0.05) is 36.4 Å². The molecule has 0 bridgehead atoms. The Bertz CT molecular complexity index is 1080. The zero-order chi connectivity index (χ0) is 18.6. The van der Waals surface area contributed by atoms with Crippen LogP contribution in [0, 0.1) is 11.8 Å². The molecule has 3 aromatic rings. The normalized spacial score (nSPS) is 26.0. The predicted molar refractivity (Wildman–Crippen MR) is 103 cm³/mol. The molecule has 2 aliphatic heterocycles. The Hall–Kier alpha value is -2.45. The van der Waals surface area contributed by atoms with Crippen LogP contribution in [-0.2, 0) is 10.0 Å². The number of anilines is 1. The first-order valence-electron chi connectivity index (χ1n) is 9.09. The molecule has 7 nitrogen and oxygen atoms in total. The monoisotopic (exact) mass is 383 g/mol. The van der Waals surface area contributed by atoms with Gasteiger partial charge in [0.25, 0.3) is 0 Å². The van der Waals surface area contributed by atoms with Crippen molar-refractivity contribution in [1.82, 2.24) is 18.9 Å². The number of pyridine rings is 1. The molecule has 27 heavy (non-hydrogen) atoms. The highest BCUT2D eigenvalue weighted by molar-refractivity contribution is 7.88. The number of nitrogens with zero attached hydrogens (tertiary/aromatic N) is 5. The van der Waals surface area contributed by atoms with Crippen molar-refractivity contribution in [1.29, 1.82) is 0 Å². The molecule has 2 saturated heterocycles. The molecule has 5 rings (SSSR count). The summed E-state index contributed by atoms with van der Waals surface area (Å²) in [6.45, 7) is 2.11. The van der Waals surface area contributed by atoms with E-state index in [0.29, 0.717) is 6.54 Å². The van der Waals surface area contributed by atoms with Gasteiger partial charge in [0.05, 0.1) is 12.3 Å². The summed E-state index contributed by atoms with van der Waals surface area (Å²) < 4.78 is 28.5. The molecule has 3 atom stereocenters. The van der Waals surface area contributed by atoms with Crippen LogP contribution in [0.15, 0.2) is 54.7 Å². The summed E-state index contributed by atoms with van der Waals surface area (Å²) >= 11 is 0. The first kappa shape index (κ1) is 16.7. The molecule has 0 amide bonds. The average Bonchev–Trinajstić information content (AvgIpc) is 3.33. The molecule has 0 unspecified atom stereocenters. The maximum absolute atomic E-state index is 12.4. The topological polar surface area (TPSA) is 70.8 Å². The SMILES string of the molecule is CS(=O)(=O)N1C[C@H]2CN(c3nnc4ccccn34)C[C@H]2[C@@H]1c1ccccc1. The Morgan fingerprint density at radius 1 is 0.963 bits per heavy atom. The van der Waals surface area contributed by atoms with Crippen LogP contribution in [-0.4, -0.2) is 53.2 Å². The maximum atomic E-state index is 12.4.